The Balaban J connectivity index is 0.000000162. The van der Waals surface area contributed by atoms with E-state index in [1.165, 1.54) is 16.7 Å². The summed E-state index contributed by atoms with van der Waals surface area (Å²) in [5.41, 5.74) is 12.2. The van der Waals surface area contributed by atoms with Gasteiger partial charge in [-0.1, -0.05) is 67.4 Å². The number of carbonyl (C=O) groups is 8. The smallest absolute Gasteiger partial charge is 0.253 e. The number of likely N-dealkylation sites (tertiary alicyclic amines) is 4. The quantitative estimate of drug-likeness (QED) is 0.0840. The Morgan fingerprint density at radius 2 is 0.760 bits per heavy atom. The van der Waals surface area contributed by atoms with Crippen molar-refractivity contribution in [3.8, 4) is 18.2 Å². The van der Waals surface area contributed by atoms with Gasteiger partial charge in [-0.3, -0.25) is 43.3 Å². The van der Waals surface area contributed by atoms with Crippen LogP contribution in [0.5, 0.6) is 0 Å². The molecule has 5 heterocycles. The van der Waals surface area contributed by atoms with Gasteiger partial charge < -0.3 is 40.9 Å². The molecule has 20 heteroatoms. The van der Waals surface area contributed by atoms with Crippen LogP contribution < -0.4 is 21.3 Å². The Bertz CT molecular complexity index is 4080. The van der Waals surface area contributed by atoms with Crippen molar-refractivity contribution in [2.75, 3.05) is 94.5 Å². The molecule has 0 spiro atoms. The van der Waals surface area contributed by atoms with Crippen molar-refractivity contribution in [3.63, 3.8) is 0 Å². The molecule has 6 fully saturated rings. The van der Waals surface area contributed by atoms with Gasteiger partial charge in [0, 0.05) is 118 Å². The fourth-order valence-electron chi connectivity index (χ4n) is 14.3. The molecule has 1 aliphatic carbocycles. The zero-order valence-electron chi connectivity index (χ0n) is 57.8. The molecule has 0 atom stereocenters. The van der Waals surface area contributed by atoms with Gasteiger partial charge in [0.15, 0.2) is 0 Å². The van der Waals surface area contributed by atoms with Crippen LogP contribution in [-0.2, 0) is 24.0 Å². The summed E-state index contributed by atoms with van der Waals surface area (Å²) in [4.78, 5) is 110. The molecule has 20 nitrogen and oxygen atoms in total. The van der Waals surface area contributed by atoms with Crippen molar-refractivity contribution in [1.82, 2.24) is 29.8 Å². The van der Waals surface area contributed by atoms with E-state index >= 15 is 0 Å². The van der Waals surface area contributed by atoms with Crippen molar-refractivity contribution < 1.29 is 38.4 Å². The average Bonchev–Trinajstić information content (AvgIpc) is 0.920. The summed E-state index contributed by atoms with van der Waals surface area (Å²) in [5.74, 6) is 0.891. The third kappa shape index (κ3) is 19.0. The van der Waals surface area contributed by atoms with Gasteiger partial charge in [0.1, 0.15) is 0 Å². The zero-order valence-corrected chi connectivity index (χ0v) is 57.8. The van der Waals surface area contributed by atoms with Gasteiger partial charge in [0.05, 0.1) is 48.0 Å². The van der Waals surface area contributed by atoms with Gasteiger partial charge in [0.2, 0.25) is 29.5 Å². The minimum Gasteiger partial charge on any atom is -0.354 e. The van der Waals surface area contributed by atoms with E-state index < -0.39 is 0 Å². The van der Waals surface area contributed by atoms with Crippen LogP contribution in [0, 0.1) is 66.6 Å². The van der Waals surface area contributed by atoms with E-state index in [1.807, 2.05) is 145 Å². The second-order valence-corrected chi connectivity index (χ2v) is 27.3. The number of piperazine rings is 1. The first-order valence-electron chi connectivity index (χ1n) is 35.2. The van der Waals surface area contributed by atoms with E-state index in [0.29, 0.717) is 141 Å². The summed E-state index contributed by atoms with van der Waals surface area (Å²) in [5, 5.41) is 38.7. The molecule has 8 amide bonds. The van der Waals surface area contributed by atoms with Crippen LogP contribution in [0.25, 0.3) is 0 Å². The molecule has 0 aromatic heterocycles. The second kappa shape index (κ2) is 34.3. The fraction of sp³-hybridized carbons (Fsp3) is 0.412. The molecule has 0 bridgehead atoms. The number of nitrogens with zero attached hydrogens (tertiary/aromatic N) is 8. The number of hydrogen-bond acceptors (Lipinski definition) is 12. The molecule has 5 aliphatic heterocycles. The highest BCUT2D eigenvalue weighted by Crippen LogP contribution is 2.34. The molecule has 5 saturated heterocycles. The molecule has 0 unspecified atom stereocenters. The minimum atomic E-state index is -0.203. The minimum absolute atomic E-state index is 0.0199. The first-order valence-corrected chi connectivity index (χ1v) is 35.2. The van der Waals surface area contributed by atoms with Gasteiger partial charge in [-0.15, -0.1) is 0 Å². The van der Waals surface area contributed by atoms with Crippen LogP contribution in [0.1, 0.15) is 183 Å². The monoisotopic (exact) mass is 1350 g/mol. The van der Waals surface area contributed by atoms with Crippen molar-refractivity contribution in [1.29, 1.82) is 15.8 Å². The lowest BCUT2D eigenvalue weighted by Gasteiger charge is -2.32. The first kappa shape index (κ1) is 72.3. The number of rotatable bonds is 13. The van der Waals surface area contributed by atoms with E-state index in [-0.39, 0.29) is 72.2 Å². The molecular weight excluding hydrogens is 1260 g/mol. The predicted octanol–water partition coefficient (Wildman–Crippen LogP) is 11.4. The van der Waals surface area contributed by atoms with E-state index in [1.54, 1.807) is 34.9 Å². The number of carbonyl (C=O) groups excluding carboxylic acids is 8. The number of piperidine rings is 4. The molecule has 518 valence electrons. The van der Waals surface area contributed by atoms with Crippen molar-refractivity contribution >= 4 is 64.3 Å². The van der Waals surface area contributed by atoms with Gasteiger partial charge in [0.25, 0.3) is 17.7 Å². The van der Waals surface area contributed by atoms with Crippen LogP contribution in [0.3, 0.4) is 0 Å². The summed E-state index contributed by atoms with van der Waals surface area (Å²) < 4.78 is 0. The number of benzene rings is 6. The number of aryl methyl sites for hydroxylation is 3. The third-order valence-corrected chi connectivity index (χ3v) is 20.6. The lowest BCUT2D eigenvalue weighted by molar-refractivity contribution is -0.132. The Labute approximate surface area is 586 Å². The number of anilines is 3. The number of amides is 8. The van der Waals surface area contributed by atoms with E-state index in [4.69, 9.17) is 15.8 Å². The van der Waals surface area contributed by atoms with Crippen molar-refractivity contribution in [2.45, 2.75) is 122 Å². The van der Waals surface area contributed by atoms with Crippen LogP contribution in [0.2, 0.25) is 0 Å². The Hall–Kier alpha value is -10.5. The maximum Gasteiger partial charge on any atom is 0.253 e. The van der Waals surface area contributed by atoms with E-state index in [0.717, 1.165) is 86.6 Å². The summed E-state index contributed by atoms with van der Waals surface area (Å²) in [7, 11) is 0. The molecule has 0 radical (unpaired) electrons. The Morgan fingerprint density at radius 3 is 1.09 bits per heavy atom. The largest absolute Gasteiger partial charge is 0.354 e. The number of nitriles is 3. The molecule has 100 heavy (non-hydrogen) atoms. The normalized spacial score (nSPS) is 17.1. The SMILES string of the molecule is CC(=O)N1CCC(C(=O)Nc2cc(C(=O)N3CCC(c4ccc(C#N)cc4)CC3)ccc2C)CC1.Cc1ccc(C(=O)N2CCC(c3ccc(C#N)cc3)CC2)cc1NC(=O)C1CCCC1.Cc1ccc(C(=O)N2CCC(c3ccc(C#N)cc3)CC2)cc1NC(=O)CN1CCNC(=O)C1. The van der Waals surface area contributed by atoms with Gasteiger partial charge in [-0.05, 0) is 209 Å². The zero-order chi connectivity index (χ0) is 70.8. The molecule has 1 saturated carbocycles. The summed E-state index contributed by atoms with van der Waals surface area (Å²) in [6, 6.07) is 46.1. The number of nitrogens with one attached hydrogen (secondary N) is 4. The lowest BCUT2D eigenvalue weighted by atomic mass is 9.89. The molecular formula is C80H90N12O8. The van der Waals surface area contributed by atoms with E-state index in [2.05, 4.69) is 39.5 Å². The van der Waals surface area contributed by atoms with Crippen LogP contribution >= 0.6 is 0 Å². The molecule has 6 aliphatic rings. The molecule has 6 aromatic rings. The summed E-state index contributed by atoms with van der Waals surface area (Å²) >= 11 is 0. The van der Waals surface area contributed by atoms with Gasteiger partial charge in [-0.2, -0.15) is 15.8 Å². The maximum atomic E-state index is 13.2. The fourth-order valence-corrected chi connectivity index (χ4v) is 14.3. The van der Waals surface area contributed by atoms with Gasteiger partial charge >= 0.3 is 0 Å². The highest BCUT2D eigenvalue weighted by molar-refractivity contribution is 6.01. The highest BCUT2D eigenvalue weighted by atomic mass is 16.2. The third-order valence-electron chi connectivity index (χ3n) is 20.6. The van der Waals surface area contributed by atoms with E-state index in [9.17, 15) is 38.4 Å². The number of hydrogen-bond donors (Lipinski definition) is 4. The maximum absolute atomic E-state index is 13.2. The summed E-state index contributed by atoms with van der Waals surface area (Å²) in [6.45, 7) is 14.1. The first-order chi connectivity index (χ1) is 48.3. The Morgan fingerprint density at radius 1 is 0.430 bits per heavy atom. The molecule has 12 rings (SSSR count). The average molecular weight is 1350 g/mol. The van der Waals surface area contributed by atoms with Crippen molar-refractivity contribution in [2.24, 2.45) is 11.8 Å². The highest BCUT2D eigenvalue weighted by Gasteiger charge is 2.31. The van der Waals surface area contributed by atoms with Gasteiger partial charge in [-0.25, -0.2) is 0 Å². The van der Waals surface area contributed by atoms with Crippen LogP contribution in [0.4, 0.5) is 17.1 Å². The summed E-state index contributed by atoms with van der Waals surface area (Å²) in [6.07, 6.45) is 10.8. The standard InChI is InChI=1S/C28H32N4O3.C26H29N5O3.C26H29N3O2/c1-19-3-6-25(17-26(19)30-27(34)24-11-13-31(14-12-24)20(2)33)28(35)32-15-9-23(10-16-32)22-7-4-21(18-29)5-8-22;1-18-2-5-22(14-23(18)29-25(33)17-30-13-10-28-24(32)16-30)26(34)31-11-8-21(9-12-31)20-6-3-19(15-27)4-7-20;1-18-6-9-23(16-24(18)28-25(30)22-4-2-3-5-22)26(31)29-14-12-21(13-15-29)20-10-7-19(17-27)8-11-20/h3-8,17,23-24H,9-16H2,1-2H3,(H,30,34);2-7,14,21H,8-13,16-17H2,1H3,(H,28,32)(H,29,33);6-11,16,21-22H,2-5,12-15H2,1H3,(H,28,30). The van der Waals surface area contributed by atoms with Crippen LogP contribution in [0.15, 0.2) is 127 Å². The lowest BCUT2D eigenvalue weighted by Crippen LogP contribution is -2.49. The molecule has 6 aromatic carbocycles. The second-order valence-electron chi connectivity index (χ2n) is 27.3. The molecule has 4 N–H and O–H groups in total. The Kier molecular flexibility index (Phi) is 24.8. The van der Waals surface area contributed by atoms with Crippen LogP contribution in [-0.4, -0.2) is 150 Å². The predicted molar refractivity (Wildman–Crippen MR) is 383 cm³/mol. The topological polar surface area (TPSA) is 272 Å². The van der Waals surface area contributed by atoms with Crippen molar-refractivity contribution in [3.05, 3.63) is 194 Å².